The normalized spacial score (nSPS) is 25.6. The molecule has 0 aromatic carbocycles. The lowest BCUT2D eigenvalue weighted by Crippen LogP contribution is -2.41. The molecule has 2 aliphatic rings. The van der Waals surface area contributed by atoms with Gasteiger partial charge in [0.1, 0.15) is 5.82 Å². The molecule has 0 amide bonds. The summed E-state index contributed by atoms with van der Waals surface area (Å²) in [6, 6.07) is 4.80. The van der Waals surface area contributed by atoms with Gasteiger partial charge < -0.3 is 15.0 Å². The van der Waals surface area contributed by atoms with Crippen molar-refractivity contribution in [3.8, 4) is 0 Å². The third-order valence-corrected chi connectivity index (χ3v) is 5.60. The van der Waals surface area contributed by atoms with Crippen LogP contribution in [0.25, 0.3) is 0 Å². The lowest BCUT2D eigenvalue weighted by Gasteiger charge is -2.39. The molecule has 0 spiro atoms. The van der Waals surface area contributed by atoms with Crippen LogP contribution in [0.15, 0.2) is 18.3 Å². The molecule has 1 unspecified atom stereocenters. The summed E-state index contributed by atoms with van der Waals surface area (Å²) in [7, 11) is 0. The highest BCUT2D eigenvalue weighted by atomic mass is 32.2. The van der Waals surface area contributed by atoms with Crippen molar-refractivity contribution >= 4 is 23.3 Å². The zero-order valence-electron chi connectivity index (χ0n) is 13.0. The number of ether oxygens (including phenoxy) is 1. The third kappa shape index (κ3) is 3.64. The van der Waals surface area contributed by atoms with Crippen LogP contribution in [0.3, 0.4) is 0 Å². The maximum Gasteiger partial charge on any atom is 0.128 e. The maximum atomic E-state index is 5.38. The van der Waals surface area contributed by atoms with E-state index in [1.807, 2.05) is 18.0 Å². The van der Waals surface area contributed by atoms with Crippen LogP contribution in [-0.2, 0) is 4.74 Å². The summed E-state index contributed by atoms with van der Waals surface area (Å²) in [6.45, 7) is 8.20. The molecule has 3 rings (SSSR count). The van der Waals surface area contributed by atoms with Crippen molar-refractivity contribution in [3.63, 3.8) is 0 Å². The largest absolute Gasteiger partial charge is 0.380 e. The van der Waals surface area contributed by atoms with Gasteiger partial charge in [0.05, 0.1) is 25.1 Å². The molecular weight excluding hydrogens is 282 g/mol. The Hall–Kier alpha value is -0.940. The molecule has 0 radical (unpaired) electrons. The Kier molecular flexibility index (Phi) is 4.60. The number of hydrogen-bond acceptors (Lipinski definition) is 5. The molecule has 1 N–H and O–H groups in total. The number of anilines is 2. The Morgan fingerprint density at radius 1 is 1.33 bits per heavy atom. The van der Waals surface area contributed by atoms with Crippen LogP contribution in [0.2, 0.25) is 0 Å². The van der Waals surface area contributed by atoms with Crippen LogP contribution < -0.4 is 10.2 Å². The van der Waals surface area contributed by atoms with Crippen LogP contribution in [0.1, 0.15) is 20.3 Å². The van der Waals surface area contributed by atoms with E-state index in [9.17, 15) is 0 Å². The highest BCUT2D eigenvalue weighted by molar-refractivity contribution is 7.99. The van der Waals surface area contributed by atoms with Gasteiger partial charge in [-0.1, -0.05) is 13.8 Å². The Bertz CT molecular complexity index is 457. The first kappa shape index (κ1) is 15.0. The average molecular weight is 307 g/mol. The quantitative estimate of drug-likeness (QED) is 0.929. The molecule has 4 nitrogen and oxygen atoms in total. The number of rotatable bonds is 3. The minimum Gasteiger partial charge on any atom is -0.380 e. The van der Waals surface area contributed by atoms with Crippen molar-refractivity contribution in [2.75, 3.05) is 48.0 Å². The zero-order valence-corrected chi connectivity index (χ0v) is 13.8. The van der Waals surface area contributed by atoms with Gasteiger partial charge in [0.25, 0.3) is 0 Å². The number of nitrogens with one attached hydrogen (secondary N) is 1. The summed E-state index contributed by atoms with van der Waals surface area (Å²) in [5.41, 5.74) is 1.49. The molecule has 3 heterocycles. The Morgan fingerprint density at radius 2 is 2.14 bits per heavy atom. The summed E-state index contributed by atoms with van der Waals surface area (Å²) < 4.78 is 5.38. The van der Waals surface area contributed by atoms with Crippen LogP contribution in [0.4, 0.5) is 11.5 Å². The molecule has 0 aliphatic carbocycles. The number of thioether (sulfide) groups is 1. The minimum atomic E-state index is 0.355. The Balaban J connectivity index is 1.63. The molecule has 0 bridgehead atoms. The molecule has 0 saturated carbocycles. The molecule has 2 fully saturated rings. The zero-order chi connectivity index (χ0) is 14.7. The molecule has 2 saturated heterocycles. The Labute approximate surface area is 131 Å². The predicted octanol–water partition coefficient (Wildman–Crippen LogP) is 2.86. The molecule has 116 valence electrons. The van der Waals surface area contributed by atoms with E-state index < -0.39 is 0 Å². The fourth-order valence-corrected chi connectivity index (χ4v) is 4.43. The second kappa shape index (κ2) is 6.44. The topological polar surface area (TPSA) is 37.4 Å². The highest BCUT2D eigenvalue weighted by Gasteiger charge is 2.32. The first-order chi connectivity index (χ1) is 10.1. The lowest BCUT2D eigenvalue weighted by molar-refractivity contribution is 0.122. The van der Waals surface area contributed by atoms with E-state index >= 15 is 0 Å². The van der Waals surface area contributed by atoms with E-state index in [-0.39, 0.29) is 0 Å². The number of nitrogens with zero attached hydrogens (tertiary/aromatic N) is 2. The fraction of sp³-hybridized carbons (Fsp3) is 0.688. The van der Waals surface area contributed by atoms with Gasteiger partial charge in [0, 0.05) is 24.9 Å². The minimum absolute atomic E-state index is 0.355. The molecule has 21 heavy (non-hydrogen) atoms. The summed E-state index contributed by atoms with van der Waals surface area (Å²) in [5.74, 6) is 3.51. The SMILES string of the molecule is CC1(C)CCSCC1Nc1ccc(N2CCOCC2)nc1. The molecule has 1 aromatic rings. The van der Waals surface area contributed by atoms with E-state index in [4.69, 9.17) is 4.74 Å². The average Bonchev–Trinajstić information content (AvgIpc) is 2.51. The smallest absolute Gasteiger partial charge is 0.128 e. The van der Waals surface area contributed by atoms with Crippen molar-refractivity contribution in [3.05, 3.63) is 18.3 Å². The number of aromatic nitrogens is 1. The van der Waals surface area contributed by atoms with Gasteiger partial charge in [0.15, 0.2) is 0 Å². The fourth-order valence-electron chi connectivity index (χ4n) is 2.83. The summed E-state index contributed by atoms with van der Waals surface area (Å²) >= 11 is 2.05. The van der Waals surface area contributed by atoms with E-state index in [1.54, 1.807) is 0 Å². The molecule has 2 aliphatic heterocycles. The standard InChI is InChI=1S/C16H25N3OS/c1-16(2)5-10-21-12-14(16)18-13-3-4-15(17-11-13)19-6-8-20-9-7-19/h3-4,11,14,18H,5-10,12H2,1-2H3. The third-order valence-electron chi connectivity index (χ3n) is 4.54. The van der Waals surface area contributed by atoms with Gasteiger partial charge >= 0.3 is 0 Å². The van der Waals surface area contributed by atoms with Crippen molar-refractivity contribution < 1.29 is 4.74 Å². The van der Waals surface area contributed by atoms with Gasteiger partial charge in [-0.05, 0) is 29.7 Å². The van der Waals surface area contributed by atoms with Crippen LogP contribution in [0.5, 0.6) is 0 Å². The lowest BCUT2D eigenvalue weighted by atomic mass is 9.82. The molecular formula is C16H25N3OS. The number of hydrogen-bond donors (Lipinski definition) is 1. The van der Waals surface area contributed by atoms with E-state index in [2.05, 4.69) is 41.2 Å². The van der Waals surface area contributed by atoms with Crippen LogP contribution in [0, 0.1) is 5.41 Å². The maximum absolute atomic E-state index is 5.38. The summed E-state index contributed by atoms with van der Waals surface area (Å²) in [5, 5.41) is 3.67. The van der Waals surface area contributed by atoms with Gasteiger partial charge in [0.2, 0.25) is 0 Å². The second-order valence-corrected chi connectivity index (χ2v) is 7.66. The number of pyridine rings is 1. The Morgan fingerprint density at radius 3 is 2.81 bits per heavy atom. The van der Waals surface area contributed by atoms with Crippen molar-refractivity contribution in [2.24, 2.45) is 5.41 Å². The van der Waals surface area contributed by atoms with Gasteiger partial charge in [-0.15, -0.1) is 0 Å². The van der Waals surface area contributed by atoms with Crippen molar-refractivity contribution in [1.82, 2.24) is 4.98 Å². The van der Waals surface area contributed by atoms with E-state index in [0.29, 0.717) is 11.5 Å². The van der Waals surface area contributed by atoms with E-state index in [1.165, 1.54) is 17.9 Å². The highest BCUT2D eigenvalue weighted by Crippen LogP contribution is 2.36. The molecule has 1 aromatic heterocycles. The number of morpholine rings is 1. The first-order valence-electron chi connectivity index (χ1n) is 7.78. The van der Waals surface area contributed by atoms with Crippen LogP contribution >= 0.6 is 11.8 Å². The van der Waals surface area contributed by atoms with Crippen molar-refractivity contribution in [1.29, 1.82) is 0 Å². The van der Waals surface area contributed by atoms with Gasteiger partial charge in [-0.2, -0.15) is 11.8 Å². The van der Waals surface area contributed by atoms with E-state index in [0.717, 1.165) is 37.8 Å². The molecule has 5 heteroatoms. The second-order valence-electron chi connectivity index (χ2n) is 6.51. The van der Waals surface area contributed by atoms with Crippen LogP contribution in [-0.4, -0.2) is 48.8 Å². The van der Waals surface area contributed by atoms with Gasteiger partial charge in [-0.25, -0.2) is 4.98 Å². The van der Waals surface area contributed by atoms with Gasteiger partial charge in [-0.3, -0.25) is 0 Å². The monoisotopic (exact) mass is 307 g/mol. The summed E-state index contributed by atoms with van der Waals surface area (Å²) in [4.78, 5) is 6.90. The molecule has 1 atom stereocenters. The first-order valence-corrected chi connectivity index (χ1v) is 8.94. The predicted molar refractivity (Wildman–Crippen MR) is 90.4 cm³/mol. The van der Waals surface area contributed by atoms with Crippen molar-refractivity contribution in [2.45, 2.75) is 26.3 Å². The summed E-state index contributed by atoms with van der Waals surface area (Å²) in [6.07, 6.45) is 3.24.